The van der Waals surface area contributed by atoms with Gasteiger partial charge in [-0.2, -0.15) is 26.3 Å². The molecule has 1 aromatic rings. The Kier molecular flexibility index (Phi) is 6.79. The van der Waals surface area contributed by atoms with Gasteiger partial charge in [0.1, 0.15) is 0 Å². The fraction of sp³-hybridized carbons (Fsp3) is 0.300. The zero-order chi connectivity index (χ0) is 22.7. The number of carbonyl (C=O) groups is 2. The smallest absolute Gasteiger partial charge is 0.325 e. The van der Waals surface area contributed by atoms with Crippen LogP contribution in [-0.4, -0.2) is 18.0 Å². The Morgan fingerprint density at radius 3 is 2.40 bits per heavy atom. The number of nitrogens with one attached hydrogen (secondary N) is 2. The monoisotopic (exact) mass is 432 g/mol. The summed E-state index contributed by atoms with van der Waals surface area (Å²) in [5.74, 6) is -1.58. The van der Waals surface area contributed by atoms with E-state index in [1.807, 2.05) is 0 Å². The van der Waals surface area contributed by atoms with Crippen molar-refractivity contribution in [1.29, 1.82) is 0 Å². The zero-order valence-corrected chi connectivity index (χ0v) is 15.8. The Balaban J connectivity index is 2.48. The van der Waals surface area contributed by atoms with E-state index in [0.717, 1.165) is 12.2 Å². The van der Waals surface area contributed by atoms with Crippen molar-refractivity contribution in [2.45, 2.75) is 38.5 Å². The van der Waals surface area contributed by atoms with Crippen molar-refractivity contribution in [1.82, 2.24) is 0 Å². The van der Waals surface area contributed by atoms with Crippen LogP contribution < -0.4 is 10.6 Å². The molecule has 0 radical (unpaired) electrons. The maximum atomic E-state index is 13.4. The highest BCUT2D eigenvalue weighted by atomic mass is 19.4. The maximum absolute atomic E-state index is 13.4. The summed E-state index contributed by atoms with van der Waals surface area (Å²) in [6, 6.07) is 1.89. The first-order chi connectivity index (χ1) is 13.9. The van der Waals surface area contributed by atoms with Gasteiger partial charge in [0.05, 0.1) is 17.7 Å². The van der Waals surface area contributed by atoms with Gasteiger partial charge in [-0.1, -0.05) is 24.8 Å². The van der Waals surface area contributed by atoms with E-state index in [4.69, 9.17) is 0 Å². The first-order valence-corrected chi connectivity index (χ1v) is 8.76. The molecular weight excluding hydrogens is 414 g/mol. The highest BCUT2D eigenvalue weighted by Gasteiger charge is 2.37. The van der Waals surface area contributed by atoms with Crippen LogP contribution in [0.1, 0.15) is 30.9 Å². The highest BCUT2D eigenvalue weighted by molar-refractivity contribution is 6.07. The number of aryl methyl sites for hydroxylation is 1. The van der Waals surface area contributed by atoms with Gasteiger partial charge in [-0.3, -0.25) is 9.59 Å². The number of benzene rings is 1. The van der Waals surface area contributed by atoms with Gasteiger partial charge >= 0.3 is 12.4 Å². The van der Waals surface area contributed by atoms with Crippen LogP contribution in [0.4, 0.5) is 37.7 Å². The van der Waals surface area contributed by atoms with Crippen molar-refractivity contribution in [3.05, 3.63) is 59.2 Å². The van der Waals surface area contributed by atoms with E-state index >= 15 is 0 Å². The third kappa shape index (κ3) is 5.74. The molecule has 0 aromatic heterocycles. The lowest BCUT2D eigenvalue weighted by Crippen LogP contribution is -2.24. The fourth-order valence-corrected chi connectivity index (χ4v) is 2.98. The molecular formula is C20H18F6N2O2. The topological polar surface area (TPSA) is 58.2 Å². The minimum absolute atomic E-state index is 0.0253. The molecule has 0 fully saturated rings. The third-order valence-electron chi connectivity index (χ3n) is 4.23. The summed E-state index contributed by atoms with van der Waals surface area (Å²) in [6.45, 7) is 4.77. The summed E-state index contributed by atoms with van der Waals surface area (Å²) in [5.41, 5.74) is -2.41. The second-order valence-corrected chi connectivity index (χ2v) is 6.49. The molecule has 1 aliphatic heterocycles. The summed E-state index contributed by atoms with van der Waals surface area (Å²) in [5, 5.41) is 4.41. The van der Waals surface area contributed by atoms with Crippen LogP contribution in [0.2, 0.25) is 0 Å². The first-order valence-electron chi connectivity index (χ1n) is 8.76. The van der Waals surface area contributed by atoms with E-state index in [-0.39, 0.29) is 35.4 Å². The predicted octanol–water partition coefficient (Wildman–Crippen LogP) is 5.54. The minimum atomic E-state index is -4.82. The SMILES string of the molecule is C=C/C(CC(F)(F)F)=C(\C=C/C)C(=O)Nc1cc2c(c(C(F)(F)F)c1)NC(=O)CC2. The molecule has 0 saturated carbocycles. The quantitative estimate of drug-likeness (QED) is 0.365. The molecule has 10 heteroatoms. The van der Waals surface area contributed by atoms with Crippen LogP contribution in [0, 0.1) is 0 Å². The largest absolute Gasteiger partial charge is 0.418 e. The van der Waals surface area contributed by atoms with Crippen LogP contribution in [0.15, 0.2) is 48.1 Å². The van der Waals surface area contributed by atoms with Crippen molar-refractivity contribution < 1.29 is 35.9 Å². The molecule has 1 aliphatic rings. The number of alkyl halides is 6. The van der Waals surface area contributed by atoms with Gasteiger partial charge in [0.2, 0.25) is 5.91 Å². The molecule has 0 unspecified atom stereocenters. The number of amides is 2. The number of halogens is 6. The van der Waals surface area contributed by atoms with Crippen LogP contribution >= 0.6 is 0 Å². The first kappa shape index (κ1) is 23.2. The molecule has 2 rings (SSSR count). The second kappa shape index (κ2) is 8.76. The van der Waals surface area contributed by atoms with Crippen molar-refractivity contribution in [3.8, 4) is 0 Å². The summed E-state index contributed by atoms with van der Waals surface area (Å²) < 4.78 is 78.7. The Bertz CT molecular complexity index is 926. The summed E-state index contributed by atoms with van der Waals surface area (Å²) >= 11 is 0. The second-order valence-electron chi connectivity index (χ2n) is 6.49. The summed E-state index contributed by atoms with van der Waals surface area (Å²) in [4.78, 5) is 24.1. The van der Waals surface area contributed by atoms with Crippen molar-refractivity contribution in [2.75, 3.05) is 10.6 Å². The molecule has 0 bridgehead atoms. The van der Waals surface area contributed by atoms with E-state index in [1.165, 1.54) is 19.1 Å². The molecule has 2 N–H and O–H groups in total. The maximum Gasteiger partial charge on any atom is 0.418 e. The van der Waals surface area contributed by atoms with E-state index in [2.05, 4.69) is 17.2 Å². The molecule has 4 nitrogen and oxygen atoms in total. The molecule has 0 atom stereocenters. The number of allylic oxidation sites excluding steroid dienone is 3. The van der Waals surface area contributed by atoms with E-state index < -0.39 is 41.7 Å². The van der Waals surface area contributed by atoms with Crippen LogP contribution in [0.25, 0.3) is 0 Å². The lowest BCUT2D eigenvalue weighted by atomic mass is 9.97. The molecule has 1 heterocycles. The molecule has 30 heavy (non-hydrogen) atoms. The lowest BCUT2D eigenvalue weighted by molar-refractivity contribution is -0.137. The number of rotatable bonds is 5. The van der Waals surface area contributed by atoms with Crippen LogP contribution in [-0.2, 0) is 22.2 Å². The van der Waals surface area contributed by atoms with Crippen LogP contribution in [0.5, 0.6) is 0 Å². The molecule has 1 aromatic carbocycles. The van der Waals surface area contributed by atoms with Gasteiger partial charge in [0, 0.05) is 17.7 Å². The molecule has 162 valence electrons. The summed E-state index contributed by atoms with van der Waals surface area (Å²) in [7, 11) is 0. The molecule has 0 spiro atoms. The van der Waals surface area contributed by atoms with Crippen molar-refractivity contribution in [3.63, 3.8) is 0 Å². The Morgan fingerprint density at radius 2 is 1.87 bits per heavy atom. The summed E-state index contributed by atoms with van der Waals surface area (Å²) in [6.07, 6.45) is -7.52. The zero-order valence-electron chi connectivity index (χ0n) is 15.8. The van der Waals surface area contributed by atoms with Gasteiger partial charge in [0.15, 0.2) is 0 Å². The molecule has 2 amide bonds. The normalized spacial score (nSPS) is 15.4. The average molecular weight is 432 g/mol. The van der Waals surface area contributed by atoms with E-state index in [9.17, 15) is 35.9 Å². The van der Waals surface area contributed by atoms with E-state index in [1.54, 1.807) is 0 Å². The van der Waals surface area contributed by atoms with Gasteiger partial charge in [-0.15, -0.1) is 0 Å². The van der Waals surface area contributed by atoms with Crippen molar-refractivity contribution >= 4 is 23.2 Å². The Labute approximate surface area is 168 Å². The van der Waals surface area contributed by atoms with Gasteiger partial charge in [-0.05, 0) is 36.6 Å². The Morgan fingerprint density at radius 1 is 1.20 bits per heavy atom. The minimum Gasteiger partial charge on any atom is -0.325 e. The number of anilines is 2. The molecule has 0 saturated heterocycles. The third-order valence-corrected chi connectivity index (χ3v) is 4.23. The number of fused-ring (bicyclic) bond motifs is 1. The number of hydrogen-bond acceptors (Lipinski definition) is 2. The van der Waals surface area contributed by atoms with Crippen molar-refractivity contribution in [2.24, 2.45) is 0 Å². The van der Waals surface area contributed by atoms with Gasteiger partial charge in [-0.25, -0.2) is 0 Å². The highest BCUT2D eigenvalue weighted by Crippen LogP contribution is 2.40. The fourth-order valence-electron chi connectivity index (χ4n) is 2.98. The number of carbonyl (C=O) groups excluding carboxylic acids is 2. The molecule has 0 aliphatic carbocycles. The van der Waals surface area contributed by atoms with Gasteiger partial charge < -0.3 is 10.6 Å². The Hall–Kier alpha value is -3.04. The van der Waals surface area contributed by atoms with Gasteiger partial charge in [0.25, 0.3) is 5.91 Å². The standard InChI is InChI=1S/C20H18F6N2O2/c1-3-5-14(11(4-2)10-19(21,22)23)18(30)27-13-8-12-6-7-16(29)28-17(12)15(9-13)20(24,25)26/h3-5,8-9H,2,6-7,10H2,1H3,(H,27,30)(H,28,29)/b5-3-,14-11-. The average Bonchev–Trinajstić information content (AvgIpc) is 2.62. The van der Waals surface area contributed by atoms with E-state index in [0.29, 0.717) is 6.07 Å². The predicted molar refractivity (Wildman–Crippen MR) is 99.7 cm³/mol. The van der Waals surface area contributed by atoms with Crippen LogP contribution in [0.3, 0.4) is 0 Å². The lowest BCUT2D eigenvalue weighted by Gasteiger charge is -2.23. The number of hydrogen-bond donors (Lipinski definition) is 2.